The Morgan fingerprint density at radius 3 is 2.12 bits per heavy atom. The molecule has 0 radical (unpaired) electrons. The second-order valence-corrected chi connectivity index (χ2v) is 9.71. The Morgan fingerprint density at radius 1 is 1.03 bits per heavy atom. The third-order valence-electron chi connectivity index (χ3n) is 4.72. The van der Waals surface area contributed by atoms with Crippen LogP contribution in [-0.2, 0) is 16.4 Å². The third-order valence-corrected chi connectivity index (χ3v) is 5.85. The Hall–Kier alpha value is -2.99. The van der Waals surface area contributed by atoms with E-state index in [0.29, 0.717) is 6.54 Å². The molecule has 0 amide bonds. The molecule has 0 aliphatic rings. The van der Waals surface area contributed by atoms with Crippen molar-refractivity contribution in [3.8, 4) is 22.4 Å². The first-order valence-corrected chi connectivity index (χ1v) is 12.4. The van der Waals surface area contributed by atoms with Crippen LogP contribution in [0.4, 0.5) is 4.39 Å². The number of rotatable bonds is 7. The number of aromatic nitrogens is 2. The first-order chi connectivity index (χ1) is 15.2. The molecule has 0 bridgehead atoms. The lowest BCUT2D eigenvalue weighted by Gasteiger charge is -2.04. The van der Waals surface area contributed by atoms with Gasteiger partial charge in [0.1, 0.15) is 11.5 Å². The summed E-state index contributed by atoms with van der Waals surface area (Å²) in [4.78, 5) is 0.268. The Morgan fingerprint density at radius 2 is 1.62 bits per heavy atom. The quantitative estimate of drug-likeness (QED) is 0.295. The molecule has 4 nitrogen and oxygen atoms in total. The van der Waals surface area contributed by atoms with E-state index in [0.717, 1.165) is 35.2 Å². The van der Waals surface area contributed by atoms with Crippen LogP contribution >= 0.6 is 0 Å². The van der Waals surface area contributed by atoms with Crippen LogP contribution in [0.25, 0.3) is 22.4 Å². The Balaban J connectivity index is 0.000000390. The summed E-state index contributed by atoms with van der Waals surface area (Å²) in [5.74, 6) is -0.291. The number of aryl methyl sites for hydroxylation is 1. The largest absolute Gasteiger partial charge is 0.272 e. The highest BCUT2D eigenvalue weighted by molar-refractivity contribution is 7.90. The van der Waals surface area contributed by atoms with Gasteiger partial charge < -0.3 is 0 Å². The zero-order valence-electron chi connectivity index (χ0n) is 19.2. The molecule has 3 rings (SSSR count). The standard InChI is InChI=1S/C18H17FN2O2S.C8H14/c1-3-21-12-17(13-4-8-15(19)9-5-13)18(20-21)14-6-10-16(11-7-14)24(2,22)23;1-4-5-6-7-8(2)3/h4-12H,3H2,1-2H3;4,7H,1,5-6H2,2-3H3. The van der Waals surface area contributed by atoms with Crippen molar-refractivity contribution in [1.29, 1.82) is 0 Å². The van der Waals surface area contributed by atoms with Gasteiger partial charge in [-0.25, -0.2) is 12.8 Å². The molecule has 0 N–H and O–H groups in total. The van der Waals surface area contributed by atoms with Crippen molar-refractivity contribution < 1.29 is 12.8 Å². The maximum absolute atomic E-state index is 13.2. The van der Waals surface area contributed by atoms with Gasteiger partial charge in [-0.1, -0.05) is 42.0 Å². The van der Waals surface area contributed by atoms with Crippen molar-refractivity contribution >= 4 is 9.84 Å². The molecule has 1 aromatic heterocycles. The molecule has 0 saturated carbocycles. The zero-order chi connectivity index (χ0) is 23.7. The average molecular weight is 455 g/mol. The number of halogens is 1. The van der Waals surface area contributed by atoms with Crippen LogP contribution < -0.4 is 0 Å². The van der Waals surface area contributed by atoms with Crippen LogP contribution in [0.1, 0.15) is 33.6 Å². The van der Waals surface area contributed by atoms with E-state index in [1.807, 2.05) is 19.2 Å². The summed E-state index contributed by atoms with van der Waals surface area (Å²) in [6, 6.07) is 12.9. The summed E-state index contributed by atoms with van der Waals surface area (Å²) in [6.07, 6.45) is 9.50. The zero-order valence-corrected chi connectivity index (χ0v) is 20.0. The van der Waals surface area contributed by atoms with E-state index in [-0.39, 0.29) is 10.7 Å². The van der Waals surface area contributed by atoms with Gasteiger partial charge in [-0.15, -0.1) is 6.58 Å². The molecule has 0 atom stereocenters. The molecule has 0 unspecified atom stereocenters. The van der Waals surface area contributed by atoms with Crippen molar-refractivity contribution in [3.05, 3.63) is 84.8 Å². The number of sulfone groups is 1. The highest BCUT2D eigenvalue weighted by Crippen LogP contribution is 2.31. The van der Waals surface area contributed by atoms with Crippen LogP contribution in [-0.4, -0.2) is 24.5 Å². The molecule has 0 fully saturated rings. The van der Waals surface area contributed by atoms with Gasteiger partial charge in [0, 0.05) is 30.1 Å². The highest BCUT2D eigenvalue weighted by Gasteiger charge is 2.14. The highest BCUT2D eigenvalue weighted by atomic mass is 32.2. The van der Waals surface area contributed by atoms with Crippen molar-refractivity contribution in [3.63, 3.8) is 0 Å². The fourth-order valence-electron chi connectivity index (χ4n) is 2.99. The molecule has 0 spiro atoms. The van der Waals surface area contributed by atoms with Crippen LogP contribution in [0.2, 0.25) is 0 Å². The smallest absolute Gasteiger partial charge is 0.175 e. The van der Waals surface area contributed by atoms with Crippen LogP contribution in [0.3, 0.4) is 0 Å². The molecular formula is C26H31FN2O2S. The minimum Gasteiger partial charge on any atom is -0.272 e. The first kappa shape index (κ1) is 25.3. The van der Waals surface area contributed by atoms with Gasteiger partial charge in [0.05, 0.1) is 4.90 Å². The molecular weight excluding hydrogens is 423 g/mol. The van der Waals surface area contributed by atoms with Gasteiger partial charge in [0.2, 0.25) is 0 Å². The number of allylic oxidation sites excluding steroid dienone is 3. The molecule has 3 aromatic rings. The lowest BCUT2D eigenvalue weighted by molar-refractivity contribution is 0.602. The fraction of sp³-hybridized carbons (Fsp3) is 0.269. The first-order valence-electron chi connectivity index (χ1n) is 10.5. The number of hydrogen-bond acceptors (Lipinski definition) is 3. The molecule has 2 aromatic carbocycles. The van der Waals surface area contributed by atoms with Crippen molar-refractivity contribution in [2.24, 2.45) is 0 Å². The summed E-state index contributed by atoms with van der Waals surface area (Å²) in [7, 11) is -3.24. The molecule has 1 heterocycles. The number of unbranched alkanes of at least 4 members (excludes halogenated alkanes) is 1. The second-order valence-electron chi connectivity index (χ2n) is 7.70. The predicted octanol–water partition coefficient (Wildman–Crippen LogP) is 6.70. The molecule has 6 heteroatoms. The maximum Gasteiger partial charge on any atom is 0.175 e. The van der Waals surface area contributed by atoms with Crippen LogP contribution in [0.5, 0.6) is 0 Å². The average Bonchev–Trinajstić information content (AvgIpc) is 3.19. The van der Waals surface area contributed by atoms with Gasteiger partial charge in [0.25, 0.3) is 0 Å². The molecule has 0 aliphatic carbocycles. The fourth-order valence-corrected chi connectivity index (χ4v) is 3.62. The van der Waals surface area contributed by atoms with E-state index in [9.17, 15) is 12.8 Å². The lowest BCUT2D eigenvalue weighted by Crippen LogP contribution is -1.97. The van der Waals surface area contributed by atoms with Crippen LogP contribution in [0, 0.1) is 5.82 Å². The minimum absolute atomic E-state index is 0.268. The van der Waals surface area contributed by atoms with E-state index in [1.165, 1.54) is 24.0 Å². The van der Waals surface area contributed by atoms with E-state index in [4.69, 9.17) is 0 Å². The van der Waals surface area contributed by atoms with E-state index in [2.05, 4.69) is 31.6 Å². The van der Waals surface area contributed by atoms with Gasteiger partial charge >= 0.3 is 0 Å². The van der Waals surface area contributed by atoms with Gasteiger partial charge in [-0.05, 0) is 63.4 Å². The van der Waals surface area contributed by atoms with Crippen LogP contribution in [0.15, 0.2) is 83.9 Å². The summed E-state index contributed by atoms with van der Waals surface area (Å²) >= 11 is 0. The van der Waals surface area contributed by atoms with Crippen molar-refractivity contribution in [1.82, 2.24) is 9.78 Å². The summed E-state index contributed by atoms with van der Waals surface area (Å²) in [5, 5.41) is 4.56. The van der Waals surface area contributed by atoms with E-state index in [1.54, 1.807) is 41.1 Å². The second kappa shape index (κ2) is 11.6. The third kappa shape index (κ3) is 7.31. The number of hydrogen-bond donors (Lipinski definition) is 0. The topological polar surface area (TPSA) is 52.0 Å². The summed E-state index contributed by atoms with van der Waals surface area (Å²) in [6.45, 7) is 10.5. The summed E-state index contributed by atoms with van der Waals surface area (Å²) < 4.78 is 38.2. The SMILES string of the molecule is C=CCCC=C(C)C.CCn1cc(-c2ccc(F)cc2)c(-c2ccc(S(C)(=O)=O)cc2)n1. The van der Waals surface area contributed by atoms with Gasteiger partial charge in [-0.2, -0.15) is 5.10 Å². The van der Waals surface area contributed by atoms with E-state index < -0.39 is 9.84 Å². The maximum atomic E-state index is 13.2. The normalized spacial score (nSPS) is 10.8. The predicted molar refractivity (Wildman–Crippen MR) is 131 cm³/mol. The van der Waals surface area contributed by atoms with E-state index >= 15 is 0 Å². The monoisotopic (exact) mass is 454 g/mol. The molecule has 0 aliphatic heterocycles. The van der Waals surface area contributed by atoms with Gasteiger partial charge in [-0.3, -0.25) is 4.68 Å². The Bertz CT molecular complexity index is 1160. The Labute approximate surface area is 191 Å². The minimum atomic E-state index is -3.24. The Kier molecular flexibility index (Phi) is 9.14. The van der Waals surface area contributed by atoms with Gasteiger partial charge in [0.15, 0.2) is 9.84 Å². The number of benzene rings is 2. The summed E-state index contributed by atoms with van der Waals surface area (Å²) in [5.41, 5.74) is 4.69. The van der Waals surface area contributed by atoms with Crippen molar-refractivity contribution in [2.45, 2.75) is 45.1 Å². The van der Waals surface area contributed by atoms with Crippen molar-refractivity contribution in [2.75, 3.05) is 6.26 Å². The molecule has 170 valence electrons. The number of nitrogens with zero attached hydrogens (tertiary/aromatic N) is 2. The molecule has 32 heavy (non-hydrogen) atoms. The lowest BCUT2D eigenvalue weighted by atomic mass is 10.0. The molecule has 0 saturated heterocycles.